The van der Waals surface area contributed by atoms with E-state index in [9.17, 15) is 0 Å². The Hall–Kier alpha value is -1.71. The number of ether oxygens (including phenoxy) is 2. The zero-order chi connectivity index (χ0) is 14.7. The highest BCUT2D eigenvalue weighted by atomic mass is 35.5. The van der Waals surface area contributed by atoms with E-state index in [0.29, 0.717) is 24.0 Å². The normalized spacial score (nSPS) is 14.8. The van der Waals surface area contributed by atoms with E-state index < -0.39 is 0 Å². The summed E-state index contributed by atoms with van der Waals surface area (Å²) in [6, 6.07) is 14.6. The predicted octanol–water partition coefficient (Wildman–Crippen LogP) is 3.96. The van der Waals surface area contributed by atoms with Crippen LogP contribution in [0.2, 0.25) is 5.02 Å². The summed E-state index contributed by atoms with van der Waals surface area (Å²) in [6.45, 7) is 4.00. The molecule has 0 aromatic heterocycles. The Bertz CT molecular complexity index is 616. The van der Waals surface area contributed by atoms with E-state index in [4.69, 9.17) is 21.1 Å². The summed E-state index contributed by atoms with van der Waals surface area (Å²) in [5, 5.41) is 4.10. The Morgan fingerprint density at radius 1 is 1.14 bits per heavy atom. The van der Waals surface area contributed by atoms with Crippen LogP contribution in [0.5, 0.6) is 11.5 Å². The van der Waals surface area contributed by atoms with Gasteiger partial charge in [0.2, 0.25) is 0 Å². The maximum Gasteiger partial charge on any atom is 0.179 e. The van der Waals surface area contributed by atoms with Gasteiger partial charge in [-0.05, 0) is 30.2 Å². The van der Waals surface area contributed by atoms with E-state index in [1.807, 2.05) is 18.2 Å². The van der Waals surface area contributed by atoms with Gasteiger partial charge in [0.05, 0.1) is 5.02 Å². The van der Waals surface area contributed by atoms with Crippen molar-refractivity contribution < 1.29 is 9.47 Å². The van der Waals surface area contributed by atoms with Crippen LogP contribution >= 0.6 is 11.6 Å². The van der Waals surface area contributed by atoms with E-state index >= 15 is 0 Å². The third-order valence-electron chi connectivity index (χ3n) is 3.57. The molecule has 0 bridgehead atoms. The van der Waals surface area contributed by atoms with Crippen LogP contribution in [0.1, 0.15) is 24.1 Å². The monoisotopic (exact) mass is 303 g/mol. The molecular weight excluding hydrogens is 286 g/mol. The lowest BCUT2D eigenvalue weighted by Gasteiger charge is -2.21. The molecule has 0 unspecified atom stereocenters. The summed E-state index contributed by atoms with van der Waals surface area (Å²) < 4.78 is 11.1. The molecule has 2 aromatic carbocycles. The van der Waals surface area contributed by atoms with Crippen LogP contribution in [-0.2, 0) is 6.54 Å². The van der Waals surface area contributed by atoms with Crippen LogP contribution in [0.3, 0.4) is 0 Å². The number of rotatable bonds is 4. The lowest BCUT2D eigenvalue weighted by atomic mass is 10.1. The second kappa shape index (κ2) is 6.37. The van der Waals surface area contributed by atoms with Gasteiger partial charge in [-0.3, -0.25) is 0 Å². The first kappa shape index (κ1) is 14.2. The predicted molar refractivity (Wildman–Crippen MR) is 84.1 cm³/mol. The number of hydrogen-bond donors (Lipinski definition) is 1. The molecule has 1 N–H and O–H groups in total. The molecule has 110 valence electrons. The number of benzene rings is 2. The average molecular weight is 304 g/mol. The lowest BCUT2D eigenvalue weighted by Crippen LogP contribution is -2.19. The van der Waals surface area contributed by atoms with E-state index in [1.165, 1.54) is 5.56 Å². The Morgan fingerprint density at radius 3 is 2.71 bits per heavy atom. The minimum Gasteiger partial charge on any atom is -0.486 e. The fourth-order valence-electron chi connectivity index (χ4n) is 2.40. The van der Waals surface area contributed by atoms with Crippen molar-refractivity contribution in [1.82, 2.24) is 5.32 Å². The van der Waals surface area contributed by atoms with Crippen molar-refractivity contribution in [2.45, 2.75) is 19.5 Å². The van der Waals surface area contributed by atoms with Crippen LogP contribution in [0.4, 0.5) is 0 Å². The fourth-order valence-corrected chi connectivity index (χ4v) is 2.68. The molecule has 4 heteroatoms. The van der Waals surface area contributed by atoms with Gasteiger partial charge in [-0.25, -0.2) is 0 Å². The minimum atomic E-state index is 0.276. The summed E-state index contributed by atoms with van der Waals surface area (Å²) in [4.78, 5) is 0. The molecule has 0 spiro atoms. The fraction of sp³-hybridized carbons (Fsp3) is 0.294. The summed E-state index contributed by atoms with van der Waals surface area (Å²) in [5.74, 6) is 1.39. The Balaban J connectivity index is 1.69. The molecule has 0 amide bonds. The van der Waals surface area contributed by atoms with Crippen molar-refractivity contribution in [1.29, 1.82) is 0 Å². The van der Waals surface area contributed by atoms with Crippen LogP contribution in [0.25, 0.3) is 0 Å². The van der Waals surface area contributed by atoms with E-state index in [1.54, 1.807) is 0 Å². The van der Waals surface area contributed by atoms with Crippen LogP contribution in [0, 0.1) is 0 Å². The quantitative estimate of drug-likeness (QED) is 0.927. The highest BCUT2D eigenvalue weighted by Crippen LogP contribution is 2.38. The topological polar surface area (TPSA) is 30.5 Å². The van der Waals surface area contributed by atoms with Crippen LogP contribution < -0.4 is 14.8 Å². The highest BCUT2D eigenvalue weighted by Gasteiger charge is 2.16. The number of hydrogen-bond acceptors (Lipinski definition) is 3. The molecule has 21 heavy (non-hydrogen) atoms. The average Bonchev–Trinajstić information content (AvgIpc) is 2.53. The molecule has 3 nitrogen and oxygen atoms in total. The van der Waals surface area contributed by atoms with Gasteiger partial charge in [0.1, 0.15) is 13.2 Å². The molecule has 1 aliphatic rings. The van der Waals surface area contributed by atoms with E-state index in [-0.39, 0.29) is 6.04 Å². The van der Waals surface area contributed by atoms with Gasteiger partial charge < -0.3 is 14.8 Å². The summed E-state index contributed by atoms with van der Waals surface area (Å²) >= 11 is 6.25. The van der Waals surface area contributed by atoms with Crippen molar-refractivity contribution in [2.75, 3.05) is 13.2 Å². The molecule has 0 radical (unpaired) electrons. The molecule has 0 fully saturated rings. The van der Waals surface area contributed by atoms with Crippen LogP contribution in [-0.4, -0.2) is 13.2 Å². The maximum atomic E-state index is 6.25. The molecule has 0 saturated heterocycles. The zero-order valence-corrected chi connectivity index (χ0v) is 12.7. The summed E-state index contributed by atoms with van der Waals surface area (Å²) in [7, 11) is 0. The molecule has 0 saturated carbocycles. The maximum absolute atomic E-state index is 6.25. The Labute approximate surface area is 129 Å². The largest absolute Gasteiger partial charge is 0.486 e. The van der Waals surface area contributed by atoms with Gasteiger partial charge in [0.15, 0.2) is 11.5 Å². The molecule has 1 heterocycles. The number of halogens is 1. The van der Waals surface area contributed by atoms with Gasteiger partial charge in [0, 0.05) is 12.6 Å². The standard InChI is InChI=1S/C17H18ClNO2/c1-12(14-5-3-2-4-6-14)19-11-13-9-15(18)17-16(10-13)20-7-8-21-17/h2-6,9-10,12,19H,7-8,11H2,1H3/t12-/m1/s1. The second-order valence-corrected chi connectivity index (χ2v) is 5.52. The molecule has 1 atom stereocenters. The summed E-state index contributed by atoms with van der Waals surface area (Å²) in [6.07, 6.45) is 0. The SMILES string of the molecule is C[C@@H](NCc1cc(Cl)c2c(c1)OCCO2)c1ccccc1. The van der Waals surface area contributed by atoms with E-state index in [0.717, 1.165) is 17.9 Å². The Morgan fingerprint density at radius 2 is 1.90 bits per heavy atom. The van der Waals surface area contributed by atoms with Crippen molar-refractivity contribution in [2.24, 2.45) is 0 Å². The van der Waals surface area contributed by atoms with Gasteiger partial charge in [-0.15, -0.1) is 0 Å². The molecule has 3 rings (SSSR count). The second-order valence-electron chi connectivity index (χ2n) is 5.12. The number of nitrogens with one attached hydrogen (secondary N) is 1. The first-order valence-corrected chi connectivity index (χ1v) is 7.48. The third-order valence-corrected chi connectivity index (χ3v) is 3.85. The minimum absolute atomic E-state index is 0.276. The first-order chi connectivity index (χ1) is 10.2. The first-order valence-electron chi connectivity index (χ1n) is 7.10. The van der Waals surface area contributed by atoms with Crippen molar-refractivity contribution in [3.63, 3.8) is 0 Å². The van der Waals surface area contributed by atoms with Gasteiger partial charge in [0.25, 0.3) is 0 Å². The summed E-state index contributed by atoms with van der Waals surface area (Å²) in [5.41, 5.74) is 2.35. The molecule has 2 aromatic rings. The molecular formula is C17H18ClNO2. The lowest BCUT2D eigenvalue weighted by molar-refractivity contribution is 0.171. The van der Waals surface area contributed by atoms with E-state index in [2.05, 4.69) is 36.5 Å². The third kappa shape index (κ3) is 3.31. The van der Waals surface area contributed by atoms with Crippen LogP contribution in [0.15, 0.2) is 42.5 Å². The van der Waals surface area contributed by atoms with Crippen molar-refractivity contribution >= 4 is 11.6 Å². The molecule has 1 aliphatic heterocycles. The smallest absolute Gasteiger partial charge is 0.179 e. The number of fused-ring (bicyclic) bond motifs is 1. The van der Waals surface area contributed by atoms with Gasteiger partial charge in [-0.1, -0.05) is 41.9 Å². The zero-order valence-electron chi connectivity index (χ0n) is 11.9. The Kier molecular flexibility index (Phi) is 4.32. The van der Waals surface area contributed by atoms with Gasteiger partial charge >= 0.3 is 0 Å². The van der Waals surface area contributed by atoms with Crippen molar-refractivity contribution in [3.05, 3.63) is 58.6 Å². The van der Waals surface area contributed by atoms with Gasteiger partial charge in [-0.2, -0.15) is 0 Å². The van der Waals surface area contributed by atoms with Crippen molar-refractivity contribution in [3.8, 4) is 11.5 Å². The highest BCUT2D eigenvalue weighted by molar-refractivity contribution is 6.32. The molecule has 0 aliphatic carbocycles.